The van der Waals surface area contributed by atoms with Gasteiger partial charge in [-0.25, -0.2) is 0 Å². The molecule has 2 saturated heterocycles. The van der Waals surface area contributed by atoms with Crippen LogP contribution in [0.4, 0.5) is 0 Å². The number of ketones is 1. The van der Waals surface area contributed by atoms with Gasteiger partial charge in [-0.2, -0.15) is 0 Å². The molecule has 2 unspecified atom stereocenters. The summed E-state index contributed by atoms with van der Waals surface area (Å²) < 4.78 is 5.81. The first-order chi connectivity index (χ1) is 9.22. The van der Waals surface area contributed by atoms with Crippen LogP contribution in [-0.4, -0.2) is 35.9 Å². The maximum absolute atomic E-state index is 11.5. The second-order valence-electron chi connectivity index (χ2n) is 5.73. The third-order valence-corrected chi connectivity index (χ3v) is 4.31. The van der Waals surface area contributed by atoms with Crippen molar-refractivity contribution >= 4 is 5.78 Å². The maximum Gasteiger partial charge on any atom is 0.136 e. The molecule has 3 nitrogen and oxygen atoms in total. The Morgan fingerprint density at radius 1 is 1.26 bits per heavy atom. The number of hydrogen-bond acceptors (Lipinski definition) is 3. The van der Waals surface area contributed by atoms with E-state index in [0.717, 1.165) is 25.1 Å². The highest BCUT2D eigenvalue weighted by molar-refractivity contribution is 5.80. The Labute approximate surface area is 114 Å². The molecule has 0 radical (unpaired) electrons. The minimum absolute atomic E-state index is 0.448. The summed E-state index contributed by atoms with van der Waals surface area (Å²) in [5.74, 6) is 1.39. The fraction of sp³-hybridized carbons (Fsp3) is 0.562. The van der Waals surface area contributed by atoms with E-state index >= 15 is 0 Å². The van der Waals surface area contributed by atoms with Crippen LogP contribution in [0.5, 0.6) is 5.75 Å². The summed E-state index contributed by atoms with van der Waals surface area (Å²) in [7, 11) is 0. The SMILES string of the molecule is Cc1cccc(OCCN2C3CCC2CC(=O)C3)c1. The molecule has 1 aromatic rings. The molecule has 0 amide bonds. The highest BCUT2D eigenvalue weighted by Gasteiger charge is 2.39. The normalized spacial score (nSPS) is 26.7. The number of aryl methyl sites for hydroxylation is 1. The van der Waals surface area contributed by atoms with Gasteiger partial charge < -0.3 is 4.74 Å². The summed E-state index contributed by atoms with van der Waals surface area (Å²) in [6, 6.07) is 9.12. The topological polar surface area (TPSA) is 29.5 Å². The van der Waals surface area contributed by atoms with Gasteiger partial charge in [0.2, 0.25) is 0 Å². The molecule has 3 heteroatoms. The third kappa shape index (κ3) is 2.81. The van der Waals surface area contributed by atoms with E-state index in [4.69, 9.17) is 4.74 Å². The number of nitrogens with zero attached hydrogens (tertiary/aromatic N) is 1. The first kappa shape index (κ1) is 12.7. The molecule has 2 fully saturated rings. The van der Waals surface area contributed by atoms with Gasteiger partial charge >= 0.3 is 0 Å². The minimum Gasteiger partial charge on any atom is -0.492 e. The molecule has 2 heterocycles. The summed E-state index contributed by atoms with van der Waals surface area (Å²) in [5.41, 5.74) is 1.22. The van der Waals surface area contributed by atoms with E-state index < -0.39 is 0 Å². The molecule has 2 bridgehead atoms. The van der Waals surface area contributed by atoms with Crippen LogP contribution in [0, 0.1) is 6.92 Å². The standard InChI is InChI=1S/C16H21NO2/c1-12-3-2-4-16(9-12)19-8-7-17-13-5-6-14(17)11-15(18)10-13/h2-4,9,13-14H,5-8,10-11H2,1H3. The molecular formula is C16H21NO2. The van der Waals surface area contributed by atoms with Crippen molar-refractivity contribution < 1.29 is 9.53 Å². The number of hydrogen-bond donors (Lipinski definition) is 0. The Kier molecular flexibility index (Phi) is 3.56. The maximum atomic E-state index is 11.5. The molecule has 102 valence electrons. The molecule has 0 saturated carbocycles. The quantitative estimate of drug-likeness (QED) is 0.832. The summed E-state index contributed by atoms with van der Waals surface area (Å²) in [6.45, 7) is 3.73. The molecular weight excluding hydrogens is 238 g/mol. The van der Waals surface area contributed by atoms with Crippen molar-refractivity contribution in [2.75, 3.05) is 13.2 Å². The van der Waals surface area contributed by atoms with Crippen molar-refractivity contribution in [3.63, 3.8) is 0 Å². The summed E-state index contributed by atoms with van der Waals surface area (Å²) in [4.78, 5) is 14.0. The van der Waals surface area contributed by atoms with E-state index in [1.807, 2.05) is 12.1 Å². The number of Topliss-reactive ketones (excluding diaryl/α,β-unsaturated/α-hetero) is 1. The van der Waals surface area contributed by atoms with Crippen LogP contribution in [-0.2, 0) is 4.79 Å². The van der Waals surface area contributed by atoms with Gasteiger partial charge in [0, 0.05) is 31.5 Å². The lowest BCUT2D eigenvalue weighted by Gasteiger charge is -2.33. The lowest BCUT2D eigenvalue weighted by Crippen LogP contribution is -2.44. The number of carbonyl (C=O) groups is 1. The first-order valence-corrected chi connectivity index (χ1v) is 7.19. The lowest BCUT2D eigenvalue weighted by atomic mass is 10.0. The van der Waals surface area contributed by atoms with Gasteiger partial charge in [0.25, 0.3) is 0 Å². The van der Waals surface area contributed by atoms with Crippen LogP contribution in [0.2, 0.25) is 0 Å². The molecule has 3 rings (SSSR count). The molecule has 2 aliphatic heterocycles. The first-order valence-electron chi connectivity index (χ1n) is 7.19. The second kappa shape index (κ2) is 5.33. The van der Waals surface area contributed by atoms with Crippen molar-refractivity contribution in [3.05, 3.63) is 29.8 Å². The van der Waals surface area contributed by atoms with Crippen molar-refractivity contribution in [1.29, 1.82) is 0 Å². The number of benzene rings is 1. The fourth-order valence-electron chi connectivity index (χ4n) is 3.40. The average molecular weight is 259 g/mol. The molecule has 0 spiro atoms. The van der Waals surface area contributed by atoms with Gasteiger partial charge in [0.05, 0.1) is 0 Å². The average Bonchev–Trinajstić information content (AvgIpc) is 2.62. The van der Waals surface area contributed by atoms with Gasteiger partial charge in [-0.15, -0.1) is 0 Å². The van der Waals surface area contributed by atoms with Gasteiger partial charge in [-0.1, -0.05) is 12.1 Å². The predicted octanol–water partition coefficient (Wildman–Crippen LogP) is 2.57. The van der Waals surface area contributed by atoms with E-state index in [1.165, 1.54) is 18.4 Å². The van der Waals surface area contributed by atoms with E-state index in [-0.39, 0.29) is 0 Å². The van der Waals surface area contributed by atoms with E-state index in [1.54, 1.807) is 0 Å². The second-order valence-corrected chi connectivity index (χ2v) is 5.73. The molecule has 0 aliphatic carbocycles. The van der Waals surface area contributed by atoms with Crippen LogP contribution in [0.1, 0.15) is 31.2 Å². The highest BCUT2D eigenvalue weighted by atomic mass is 16.5. The smallest absolute Gasteiger partial charge is 0.136 e. The lowest BCUT2D eigenvalue weighted by molar-refractivity contribution is -0.123. The summed E-state index contributed by atoms with van der Waals surface area (Å²) in [5, 5.41) is 0. The molecule has 0 N–H and O–H groups in total. The Morgan fingerprint density at radius 2 is 2.00 bits per heavy atom. The fourth-order valence-corrected chi connectivity index (χ4v) is 3.40. The van der Waals surface area contributed by atoms with Gasteiger partial charge in [0.15, 0.2) is 0 Å². The molecule has 19 heavy (non-hydrogen) atoms. The number of piperidine rings is 1. The summed E-state index contributed by atoms with van der Waals surface area (Å²) in [6.07, 6.45) is 3.86. The van der Waals surface area contributed by atoms with Crippen LogP contribution < -0.4 is 4.74 Å². The Balaban J connectivity index is 1.52. The molecule has 0 aromatic heterocycles. The molecule has 2 atom stereocenters. The zero-order chi connectivity index (χ0) is 13.2. The van der Waals surface area contributed by atoms with Gasteiger partial charge in [0.1, 0.15) is 18.1 Å². The van der Waals surface area contributed by atoms with Crippen molar-refractivity contribution in [2.45, 2.75) is 44.7 Å². The van der Waals surface area contributed by atoms with E-state index in [0.29, 0.717) is 24.5 Å². The van der Waals surface area contributed by atoms with E-state index in [9.17, 15) is 4.79 Å². The Bertz CT molecular complexity index is 456. The largest absolute Gasteiger partial charge is 0.492 e. The predicted molar refractivity (Wildman–Crippen MR) is 74.4 cm³/mol. The summed E-state index contributed by atoms with van der Waals surface area (Å²) >= 11 is 0. The van der Waals surface area contributed by atoms with E-state index in [2.05, 4.69) is 24.0 Å². The molecule has 2 aliphatic rings. The van der Waals surface area contributed by atoms with Gasteiger partial charge in [-0.3, -0.25) is 9.69 Å². The third-order valence-electron chi connectivity index (χ3n) is 4.31. The number of carbonyl (C=O) groups excluding carboxylic acids is 1. The zero-order valence-corrected chi connectivity index (χ0v) is 11.5. The van der Waals surface area contributed by atoms with Crippen LogP contribution in [0.15, 0.2) is 24.3 Å². The van der Waals surface area contributed by atoms with Crippen molar-refractivity contribution in [2.24, 2.45) is 0 Å². The number of ether oxygens (including phenoxy) is 1. The number of fused-ring (bicyclic) bond motifs is 2. The highest BCUT2D eigenvalue weighted by Crippen LogP contribution is 2.33. The monoisotopic (exact) mass is 259 g/mol. The Morgan fingerprint density at radius 3 is 2.68 bits per heavy atom. The van der Waals surface area contributed by atoms with Crippen LogP contribution in [0.25, 0.3) is 0 Å². The number of rotatable bonds is 4. The molecule has 1 aromatic carbocycles. The van der Waals surface area contributed by atoms with Crippen LogP contribution in [0.3, 0.4) is 0 Å². The minimum atomic E-state index is 0.448. The van der Waals surface area contributed by atoms with Crippen LogP contribution >= 0.6 is 0 Å². The van der Waals surface area contributed by atoms with Crippen molar-refractivity contribution in [3.8, 4) is 5.75 Å². The zero-order valence-electron chi connectivity index (χ0n) is 11.5. The Hall–Kier alpha value is -1.35. The van der Waals surface area contributed by atoms with Crippen molar-refractivity contribution in [1.82, 2.24) is 4.90 Å². The van der Waals surface area contributed by atoms with Gasteiger partial charge in [-0.05, 0) is 37.5 Å².